The van der Waals surface area contributed by atoms with Gasteiger partial charge in [-0.1, -0.05) is 46.3 Å². The molecule has 0 unspecified atom stereocenters. The van der Waals surface area contributed by atoms with Crippen molar-refractivity contribution in [1.82, 2.24) is 0 Å². The van der Waals surface area contributed by atoms with Gasteiger partial charge in [0.15, 0.2) is 11.6 Å². The standard InChI is InChI=1S/C32H44BNO4/c1-27(2)8-10-31(14-15-33(37)38)11-9-30(5)25(21(31)18-27)22(35)16-24-28(3)17-20(19-34)26(36)32(12-13-32)23(28)6-7-29(24,30)4/h16-17,21,23,25,37-38H,6-15,18H2,1-5H3/t21-,23+,25-,28-,29+,30+,31+/m0/s1. The Morgan fingerprint density at radius 1 is 1.00 bits per heavy atom. The van der Waals surface area contributed by atoms with E-state index in [1.165, 1.54) is 5.57 Å². The molecule has 6 heteroatoms. The van der Waals surface area contributed by atoms with Crippen molar-refractivity contribution in [3.05, 3.63) is 23.3 Å². The lowest BCUT2D eigenvalue weighted by atomic mass is 9.34. The Bertz CT molecular complexity index is 1200. The highest BCUT2D eigenvalue weighted by molar-refractivity contribution is 6.40. The summed E-state index contributed by atoms with van der Waals surface area (Å²) in [6, 6.07) is 2.23. The lowest BCUT2D eigenvalue weighted by Gasteiger charge is -2.69. The molecule has 204 valence electrons. The van der Waals surface area contributed by atoms with E-state index in [1.807, 2.05) is 12.2 Å². The van der Waals surface area contributed by atoms with Crippen LogP contribution < -0.4 is 0 Å². The average molecular weight is 518 g/mol. The molecule has 0 bridgehead atoms. The van der Waals surface area contributed by atoms with Crippen molar-refractivity contribution < 1.29 is 19.6 Å². The number of nitrogens with zero attached hydrogens (tertiary/aromatic N) is 1. The van der Waals surface area contributed by atoms with Crippen LogP contribution in [-0.2, 0) is 9.59 Å². The molecule has 0 radical (unpaired) electrons. The fraction of sp³-hybridized carbons (Fsp3) is 0.781. The molecule has 5 nitrogen and oxygen atoms in total. The molecule has 2 N–H and O–H groups in total. The van der Waals surface area contributed by atoms with E-state index in [0.717, 1.165) is 64.2 Å². The van der Waals surface area contributed by atoms with Crippen molar-refractivity contribution in [2.45, 2.75) is 105 Å². The average Bonchev–Trinajstić information content (AvgIpc) is 3.63. The van der Waals surface area contributed by atoms with Gasteiger partial charge in [-0.2, -0.15) is 5.26 Å². The molecule has 1 spiro atoms. The largest absolute Gasteiger partial charge is 0.451 e. The first-order valence-electron chi connectivity index (χ1n) is 15.0. The van der Waals surface area contributed by atoms with Crippen LogP contribution in [0.25, 0.3) is 0 Å². The fourth-order valence-corrected chi connectivity index (χ4v) is 11.0. The van der Waals surface area contributed by atoms with Gasteiger partial charge in [-0.05, 0) is 110 Å². The number of fused-ring (bicyclic) bond motifs is 8. The van der Waals surface area contributed by atoms with Crippen molar-refractivity contribution in [2.75, 3.05) is 0 Å². The van der Waals surface area contributed by atoms with Crippen LogP contribution in [0.4, 0.5) is 0 Å². The van der Waals surface area contributed by atoms with Gasteiger partial charge in [-0.25, -0.2) is 0 Å². The summed E-state index contributed by atoms with van der Waals surface area (Å²) < 4.78 is 0. The summed E-state index contributed by atoms with van der Waals surface area (Å²) >= 11 is 0. The first-order valence-corrected chi connectivity index (χ1v) is 15.0. The summed E-state index contributed by atoms with van der Waals surface area (Å²) in [7, 11) is -1.31. The minimum atomic E-state index is -1.31. The molecule has 0 aromatic rings. The van der Waals surface area contributed by atoms with Crippen molar-refractivity contribution in [3.63, 3.8) is 0 Å². The quantitative estimate of drug-likeness (QED) is 0.460. The number of ketones is 2. The molecule has 6 aliphatic carbocycles. The smallest absolute Gasteiger partial charge is 0.427 e. The Balaban J connectivity index is 1.48. The van der Waals surface area contributed by atoms with E-state index >= 15 is 0 Å². The maximum Gasteiger partial charge on any atom is 0.451 e. The second kappa shape index (κ2) is 7.94. The normalized spacial score (nSPS) is 46.0. The first kappa shape index (κ1) is 26.5. The van der Waals surface area contributed by atoms with Crippen molar-refractivity contribution >= 4 is 18.7 Å². The minimum absolute atomic E-state index is 0.0227. The van der Waals surface area contributed by atoms with Gasteiger partial charge in [0.1, 0.15) is 6.07 Å². The molecule has 6 rings (SSSR count). The molecule has 7 atom stereocenters. The Hall–Kier alpha value is -1.71. The van der Waals surface area contributed by atoms with Gasteiger partial charge < -0.3 is 10.0 Å². The summed E-state index contributed by atoms with van der Waals surface area (Å²) in [5, 5.41) is 29.5. The molecule has 0 aromatic carbocycles. The van der Waals surface area contributed by atoms with Crippen LogP contribution in [0.5, 0.6) is 0 Å². The predicted molar refractivity (Wildman–Crippen MR) is 146 cm³/mol. The third-order valence-electron chi connectivity index (χ3n) is 13.4. The number of Topliss-reactive ketones (excluding diaryl/α,β-unsaturated/α-hetero) is 1. The maximum atomic E-state index is 14.5. The third-order valence-corrected chi connectivity index (χ3v) is 13.4. The molecule has 0 aromatic heterocycles. The Kier molecular flexibility index (Phi) is 5.54. The van der Waals surface area contributed by atoms with E-state index in [2.05, 4.69) is 40.7 Å². The second-order valence-corrected chi connectivity index (χ2v) is 15.6. The topological polar surface area (TPSA) is 98.4 Å². The van der Waals surface area contributed by atoms with E-state index in [4.69, 9.17) is 0 Å². The number of hydrogen-bond donors (Lipinski definition) is 2. The molecule has 6 aliphatic rings. The lowest BCUT2D eigenvalue weighted by Crippen LogP contribution is -2.64. The SMILES string of the molecule is CC1(C)CC[C@]2(CCB(O)O)CC[C@]3(C)[C@H](C(=O)C=C4[C@@]5(C)C=C(C#N)C(=O)C6(CC6)[C@@H]5CC[C@]43C)[C@@H]2C1. The highest BCUT2D eigenvalue weighted by Crippen LogP contribution is 2.77. The van der Waals surface area contributed by atoms with Gasteiger partial charge in [0.05, 0.1) is 5.57 Å². The van der Waals surface area contributed by atoms with Gasteiger partial charge >= 0.3 is 7.12 Å². The van der Waals surface area contributed by atoms with Gasteiger partial charge in [0.2, 0.25) is 0 Å². The highest BCUT2D eigenvalue weighted by Gasteiger charge is 2.72. The van der Waals surface area contributed by atoms with E-state index in [1.54, 1.807) is 0 Å². The zero-order valence-corrected chi connectivity index (χ0v) is 23.9. The number of rotatable bonds is 3. The Labute approximate surface area is 228 Å². The molecule has 0 aliphatic heterocycles. The zero-order chi connectivity index (χ0) is 27.5. The van der Waals surface area contributed by atoms with E-state index in [9.17, 15) is 24.9 Å². The molecular formula is C32H44BNO4. The number of carbonyl (C=O) groups is 2. The lowest BCUT2D eigenvalue weighted by molar-refractivity contribution is -0.170. The second-order valence-electron chi connectivity index (χ2n) is 15.6. The van der Waals surface area contributed by atoms with Crippen LogP contribution in [0.15, 0.2) is 23.3 Å². The van der Waals surface area contributed by atoms with Crippen LogP contribution in [0.3, 0.4) is 0 Å². The first-order chi connectivity index (χ1) is 17.7. The van der Waals surface area contributed by atoms with Crippen LogP contribution in [0, 0.1) is 61.6 Å². The van der Waals surface area contributed by atoms with E-state index in [-0.39, 0.29) is 51.0 Å². The molecule has 0 heterocycles. The number of allylic oxidation sites excluding steroid dienone is 4. The molecular weight excluding hydrogens is 473 g/mol. The molecule has 38 heavy (non-hydrogen) atoms. The summed E-state index contributed by atoms with van der Waals surface area (Å²) in [5.41, 5.74) is 0.354. The van der Waals surface area contributed by atoms with Crippen molar-refractivity contribution in [2.24, 2.45) is 50.2 Å². The summed E-state index contributed by atoms with van der Waals surface area (Å²) in [6.07, 6.45) is 13.8. The summed E-state index contributed by atoms with van der Waals surface area (Å²) in [4.78, 5) is 27.7. The van der Waals surface area contributed by atoms with Gasteiger partial charge in [0.25, 0.3) is 0 Å². The summed E-state index contributed by atoms with van der Waals surface area (Å²) in [6.45, 7) is 11.6. The van der Waals surface area contributed by atoms with Crippen LogP contribution in [0.2, 0.25) is 6.32 Å². The number of nitriles is 1. The number of hydrogen-bond acceptors (Lipinski definition) is 5. The molecule has 0 saturated heterocycles. The molecule has 4 saturated carbocycles. The third kappa shape index (κ3) is 3.24. The van der Waals surface area contributed by atoms with E-state index < -0.39 is 17.9 Å². The van der Waals surface area contributed by atoms with E-state index in [0.29, 0.717) is 11.9 Å². The number of carbonyl (C=O) groups excluding carboxylic acids is 2. The Morgan fingerprint density at radius 3 is 2.32 bits per heavy atom. The van der Waals surface area contributed by atoms with Crippen molar-refractivity contribution in [1.29, 1.82) is 5.26 Å². The molecule has 0 amide bonds. The predicted octanol–water partition coefficient (Wildman–Crippen LogP) is 5.82. The Morgan fingerprint density at radius 2 is 1.68 bits per heavy atom. The van der Waals surface area contributed by atoms with Gasteiger partial charge in [0, 0.05) is 16.7 Å². The van der Waals surface area contributed by atoms with Crippen LogP contribution in [0.1, 0.15) is 98.8 Å². The van der Waals surface area contributed by atoms with Crippen LogP contribution >= 0.6 is 0 Å². The van der Waals surface area contributed by atoms with Crippen LogP contribution in [-0.4, -0.2) is 28.7 Å². The maximum absolute atomic E-state index is 14.5. The fourth-order valence-electron chi connectivity index (χ4n) is 11.0. The monoisotopic (exact) mass is 517 g/mol. The van der Waals surface area contributed by atoms with Crippen molar-refractivity contribution in [3.8, 4) is 6.07 Å². The molecule has 4 fully saturated rings. The van der Waals surface area contributed by atoms with Gasteiger partial charge in [-0.3, -0.25) is 9.59 Å². The highest BCUT2D eigenvalue weighted by atomic mass is 16.4. The van der Waals surface area contributed by atoms with Gasteiger partial charge in [-0.15, -0.1) is 0 Å². The summed E-state index contributed by atoms with van der Waals surface area (Å²) in [5.74, 6) is 0.571. The minimum Gasteiger partial charge on any atom is -0.427 e. The zero-order valence-electron chi connectivity index (χ0n) is 23.9.